The number of rotatable bonds is 3. The number of anilines is 1. The Morgan fingerprint density at radius 1 is 1.38 bits per heavy atom. The third-order valence-electron chi connectivity index (χ3n) is 2.02. The second kappa shape index (κ2) is 4.65. The van der Waals surface area contributed by atoms with Gasteiger partial charge >= 0.3 is 0 Å². The van der Waals surface area contributed by atoms with Crippen molar-refractivity contribution >= 4 is 11.4 Å². The molecule has 0 spiro atoms. The highest BCUT2D eigenvalue weighted by Gasteiger charge is 1.93. The van der Waals surface area contributed by atoms with Crippen LogP contribution < -0.4 is 5.43 Å². The number of hydrazone groups is 1. The molecule has 1 N–H and O–H groups in total. The van der Waals surface area contributed by atoms with E-state index in [9.17, 15) is 0 Å². The van der Waals surface area contributed by atoms with Crippen molar-refractivity contribution in [2.45, 2.75) is 27.2 Å². The molecule has 2 nitrogen and oxygen atoms in total. The molecule has 1 aromatic rings. The van der Waals surface area contributed by atoms with Gasteiger partial charge in [0.15, 0.2) is 0 Å². The molecule has 1 aromatic carbocycles. The lowest BCUT2D eigenvalue weighted by molar-refractivity contribution is 1.20. The quantitative estimate of drug-likeness (QED) is 0.555. The van der Waals surface area contributed by atoms with Gasteiger partial charge in [-0.2, -0.15) is 5.10 Å². The summed E-state index contributed by atoms with van der Waals surface area (Å²) in [5, 5.41) is 4.24. The Balaban J connectivity index is 2.70. The molecule has 0 heterocycles. The topological polar surface area (TPSA) is 24.4 Å². The summed E-state index contributed by atoms with van der Waals surface area (Å²) in [6, 6.07) is 8.13. The molecule has 0 unspecified atom stereocenters. The van der Waals surface area contributed by atoms with Crippen LogP contribution in [0.1, 0.15) is 25.8 Å². The fraction of sp³-hybridized carbons (Fsp3) is 0.364. The largest absolute Gasteiger partial charge is 0.278 e. The van der Waals surface area contributed by atoms with Gasteiger partial charge in [0.05, 0.1) is 5.69 Å². The van der Waals surface area contributed by atoms with Gasteiger partial charge in [0.25, 0.3) is 0 Å². The Morgan fingerprint density at radius 3 is 2.69 bits per heavy atom. The highest BCUT2D eigenvalue weighted by atomic mass is 15.3. The lowest BCUT2D eigenvalue weighted by Crippen LogP contribution is -1.96. The fourth-order valence-electron chi connectivity index (χ4n) is 0.933. The van der Waals surface area contributed by atoms with Crippen LogP contribution in [0.3, 0.4) is 0 Å². The highest BCUT2D eigenvalue weighted by molar-refractivity contribution is 5.82. The summed E-state index contributed by atoms with van der Waals surface area (Å²) in [6.45, 7) is 6.18. The Kier molecular flexibility index (Phi) is 3.50. The van der Waals surface area contributed by atoms with Gasteiger partial charge < -0.3 is 0 Å². The third-order valence-corrected chi connectivity index (χ3v) is 2.02. The summed E-state index contributed by atoms with van der Waals surface area (Å²) < 4.78 is 0. The van der Waals surface area contributed by atoms with Gasteiger partial charge in [-0.25, -0.2) is 0 Å². The maximum absolute atomic E-state index is 4.24. The lowest BCUT2D eigenvalue weighted by Gasteiger charge is -2.04. The number of para-hydroxylation sites is 1. The summed E-state index contributed by atoms with van der Waals surface area (Å²) in [6.07, 6.45) is 0.985. The van der Waals surface area contributed by atoms with Gasteiger partial charge in [-0.1, -0.05) is 25.1 Å². The standard InChI is InChI=1S/C11H16N2/c1-4-10(3)12-13-11-8-6-5-7-9(11)2/h5-8,13H,4H2,1-3H3/b12-10+. The Hall–Kier alpha value is -1.31. The van der Waals surface area contributed by atoms with E-state index in [1.807, 2.05) is 25.1 Å². The van der Waals surface area contributed by atoms with Crippen molar-refractivity contribution in [2.75, 3.05) is 5.43 Å². The average molecular weight is 176 g/mol. The highest BCUT2D eigenvalue weighted by Crippen LogP contribution is 2.12. The summed E-state index contributed by atoms with van der Waals surface area (Å²) in [4.78, 5) is 0. The van der Waals surface area contributed by atoms with Gasteiger partial charge in [-0.3, -0.25) is 5.43 Å². The summed E-state index contributed by atoms with van der Waals surface area (Å²) in [5.74, 6) is 0. The smallest absolute Gasteiger partial charge is 0.0590 e. The molecule has 0 aliphatic rings. The van der Waals surface area contributed by atoms with Crippen LogP contribution in [0.2, 0.25) is 0 Å². The van der Waals surface area contributed by atoms with E-state index in [2.05, 4.69) is 30.4 Å². The maximum Gasteiger partial charge on any atom is 0.0590 e. The number of nitrogens with one attached hydrogen (secondary N) is 1. The first-order valence-electron chi connectivity index (χ1n) is 4.59. The molecule has 0 aliphatic heterocycles. The monoisotopic (exact) mass is 176 g/mol. The molecule has 0 aliphatic carbocycles. The Labute approximate surface area is 79.7 Å². The molecule has 0 saturated carbocycles. The van der Waals surface area contributed by atoms with Crippen molar-refractivity contribution in [3.63, 3.8) is 0 Å². The molecule has 0 bridgehead atoms. The molecule has 13 heavy (non-hydrogen) atoms. The molecule has 0 amide bonds. The van der Waals surface area contributed by atoms with Crippen LogP contribution in [0.5, 0.6) is 0 Å². The first kappa shape index (κ1) is 9.78. The zero-order valence-corrected chi connectivity index (χ0v) is 8.46. The molecule has 70 valence electrons. The zero-order chi connectivity index (χ0) is 9.68. The van der Waals surface area contributed by atoms with E-state index in [1.54, 1.807) is 0 Å². The van der Waals surface area contributed by atoms with Crippen LogP contribution in [-0.2, 0) is 0 Å². The van der Waals surface area contributed by atoms with Crippen molar-refractivity contribution < 1.29 is 0 Å². The second-order valence-electron chi connectivity index (χ2n) is 3.13. The second-order valence-corrected chi connectivity index (χ2v) is 3.13. The average Bonchev–Trinajstić information content (AvgIpc) is 2.16. The van der Waals surface area contributed by atoms with Crippen LogP contribution in [0, 0.1) is 6.92 Å². The molecular weight excluding hydrogens is 160 g/mol. The van der Waals surface area contributed by atoms with Gasteiger partial charge in [0, 0.05) is 5.71 Å². The first-order valence-corrected chi connectivity index (χ1v) is 4.59. The molecule has 0 fully saturated rings. The lowest BCUT2D eigenvalue weighted by atomic mass is 10.2. The van der Waals surface area contributed by atoms with E-state index in [-0.39, 0.29) is 0 Å². The maximum atomic E-state index is 4.24. The normalized spacial score (nSPS) is 11.5. The van der Waals surface area contributed by atoms with Crippen molar-refractivity contribution in [1.29, 1.82) is 0 Å². The van der Waals surface area contributed by atoms with E-state index in [1.165, 1.54) is 5.56 Å². The number of nitrogens with zero attached hydrogens (tertiary/aromatic N) is 1. The van der Waals surface area contributed by atoms with Crippen LogP contribution in [0.25, 0.3) is 0 Å². The number of aryl methyl sites for hydroxylation is 1. The van der Waals surface area contributed by atoms with E-state index < -0.39 is 0 Å². The van der Waals surface area contributed by atoms with Crippen molar-refractivity contribution in [3.8, 4) is 0 Å². The van der Waals surface area contributed by atoms with Gasteiger partial charge in [-0.05, 0) is 31.9 Å². The van der Waals surface area contributed by atoms with E-state index in [4.69, 9.17) is 0 Å². The Morgan fingerprint density at radius 2 is 2.08 bits per heavy atom. The molecule has 0 aromatic heterocycles. The molecule has 1 rings (SSSR count). The molecule has 0 atom stereocenters. The molecule has 0 radical (unpaired) electrons. The predicted molar refractivity (Wildman–Crippen MR) is 58.2 cm³/mol. The number of benzene rings is 1. The van der Waals surface area contributed by atoms with Crippen LogP contribution in [0.4, 0.5) is 5.69 Å². The minimum atomic E-state index is 0.985. The number of hydrogen-bond donors (Lipinski definition) is 1. The first-order chi connectivity index (χ1) is 6.24. The van der Waals surface area contributed by atoms with Crippen molar-refractivity contribution in [3.05, 3.63) is 29.8 Å². The minimum absolute atomic E-state index is 0.985. The van der Waals surface area contributed by atoms with Crippen LogP contribution in [0.15, 0.2) is 29.4 Å². The van der Waals surface area contributed by atoms with Gasteiger partial charge in [0.2, 0.25) is 0 Å². The van der Waals surface area contributed by atoms with Crippen molar-refractivity contribution in [2.24, 2.45) is 5.10 Å². The minimum Gasteiger partial charge on any atom is -0.278 e. The number of hydrogen-bond acceptors (Lipinski definition) is 2. The predicted octanol–water partition coefficient (Wildman–Crippen LogP) is 3.19. The van der Waals surface area contributed by atoms with Crippen molar-refractivity contribution in [1.82, 2.24) is 0 Å². The fourth-order valence-corrected chi connectivity index (χ4v) is 0.933. The van der Waals surface area contributed by atoms with E-state index >= 15 is 0 Å². The Bertz CT molecular complexity index is 303. The van der Waals surface area contributed by atoms with E-state index in [0.717, 1.165) is 17.8 Å². The summed E-state index contributed by atoms with van der Waals surface area (Å²) in [5.41, 5.74) is 6.46. The van der Waals surface area contributed by atoms with Crippen LogP contribution in [-0.4, -0.2) is 5.71 Å². The van der Waals surface area contributed by atoms with Gasteiger partial charge in [-0.15, -0.1) is 0 Å². The molecular formula is C11H16N2. The van der Waals surface area contributed by atoms with E-state index in [0.29, 0.717) is 0 Å². The van der Waals surface area contributed by atoms with Crippen LogP contribution >= 0.6 is 0 Å². The summed E-state index contributed by atoms with van der Waals surface area (Å²) in [7, 11) is 0. The third kappa shape index (κ3) is 2.90. The zero-order valence-electron chi connectivity index (χ0n) is 8.46. The molecule has 2 heteroatoms. The summed E-state index contributed by atoms with van der Waals surface area (Å²) >= 11 is 0. The molecule has 0 saturated heterocycles. The van der Waals surface area contributed by atoms with Gasteiger partial charge in [0.1, 0.15) is 0 Å². The SMILES string of the molecule is CC/C(C)=N/Nc1ccccc1C.